The van der Waals surface area contributed by atoms with Crippen molar-refractivity contribution in [2.24, 2.45) is 0 Å². The Morgan fingerprint density at radius 3 is 2.28 bits per heavy atom. The van der Waals surface area contributed by atoms with E-state index in [0.29, 0.717) is 30.8 Å². The number of amides is 3. The molecule has 1 N–H and O–H groups in total. The lowest BCUT2D eigenvalue weighted by Gasteiger charge is -2.36. The number of nitrogens with one attached hydrogen (secondary N) is 1. The zero-order chi connectivity index (χ0) is 30.6. The summed E-state index contributed by atoms with van der Waals surface area (Å²) < 4.78 is 39.3. The van der Waals surface area contributed by atoms with Gasteiger partial charge in [-0.05, 0) is 53.9 Å². The molecule has 0 aliphatic carbocycles. The molecule has 3 heterocycles. The molecule has 1 atom stereocenters. The summed E-state index contributed by atoms with van der Waals surface area (Å²) in [5.74, 6) is -1.40. The number of hydrogen-bond donors (Lipinski definition) is 1. The van der Waals surface area contributed by atoms with E-state index in [1.165, 1.54) is 46.7 Å². The topological polar surface area (TPSA) is 147 Å². The highest BCUT2D eigenvalue weighted by Gasteiger charge is 2.38. The monoisotopic (exact) mass is 608 g/mol. The third-order valence-corrected chi connectivity index (χ3v) is 9.44. The second kappa shape index (κ2) is 12.8. The van der Waals surface area contributed by atoms with Gasteiger partial charge in [-0.25, -0.2) is 8.42 Å². The van der Waals surface area contributed by atoms with E-state index in [1.807, 2.05) is 12.1 Å². The standard InChI is InChI=1S/C30H32N4O8S/c1-21(35)31-23-8-10-24(11-9-23)43(39,40)34-13-12-22-5-2-3-6-25(22)26(34)19-29(37)42-20-28(36)32-14-16-33(17-15-32)30(38)27-7-4-18-41-27/h2-11,18,26H,12-17,19-20H2,1H3,(H,31,35). The third kappa shape index (κ3) is 6.78. The van der Waals surface area contributed by atoms with E-state index in [9.17, 15) is 27.6 Å². The lowest BCUT2D eigenvalue weighted by molar-refractivity contribution is -0.153. The molecule has 0 bridgehead atoms. The number of hydrogen-bond acceptors (Lipinski definition) is 8. The first-order valence-corrected chi connectivity index (χ1v) is 15.3. The number of sulfonamides is 1. The molecule has 2 aromatic carbocycles. The molecule has 3 aromatic rings. The largest absolute Gasteiger partial charge is 0.459 e. The van der Waals surface area contributed by atoms with Crippen molar-refractivity contribution in [1.29, 1.82) is 0 Å². The first kappa shape index (κ1) is 30.0. The molecule has 1 unspecified atom stereocenters. The van der Waals surface area contributed by atoms with Crippen LogP contribution in [0.15, 0.2) is 76.2 Å². The number of furan rings is 1. The van der Waals surface area contributed by atoms with Gasteiger partial charge in [-0.15, -0.1) is 0 Å². The van der Waals surface area contributed by atoms with Crippen LogP contribution in [0.4, 0.5) is 5.69 Å². The molecular formula is C30H32N4O8S. The van der Waals surface area contributed by atoms with Crippen LogP contribution in [0.25, 0.3) is 0 Å². The van der Waals surface area contributed by atoms with Crippen molar-refractivity contribution in [3.63, 3.8) is 0 Å². The van der Waals surface area contributed by atoms with Crippen molar-refractivity contribution in [2.75, 3.05) is 44.6 Å². The van der Waals surface area contributed by atoms with Gasteiger partial charge in [0.1, 0.15) is 0 Å². The van der Waals surface area contributed by atoms with Gasteiger partial charge < -0.3 is 24.3 Å². The van der Waals surface area contributed by atoms with Gasteiger partial charge in [0, 0.05) is 45.3 Å². The van der Waals surface area contributed by atoms with E-state index in [0.717, 1.165) is 5.56 Å². The SMILES string of the molecule is CC(=O)Nc1ccc(S(=O)(=O)N2CCc3ccccc3C2CC(=O)OCC(=O)N2CCN(C(=O)c3ccco3)CC2)cc1. The van der Waals surface area contributed by atoms with Crippen molar-refractivity contribution in [3.8, 4) is 0 Å². The fourth-order valence-corrected chi connectivity index (χ4v) is 6.95. The van der Waals surface area contributed by atoms with E-state index >= 15 is 0 Å². The summed E-state index contributed by atoms with van der Waals surface area (Å²) >= 11 is 0. The number of carbonyl (C=O) groups excluding carboxylic acids is 4. The minimum atomic E-state index is -4.02. The zero-order valence-corrected chi connectivity index (χ0v) is 24.4. The van der Waals surface area contributed by atoms with Crippen molar-refractivity contribution in [1.82, 2.24) is 14.1 Å². The number of carbonyl (C=O) groups is 4. The maximum atomic E-state index is 13.7. The first-order valence-electron chi connectivity index (χ1n) is 13.9. The van der Waals surface area contributed by atoms with Crippen LogP contribution >= 0.6 is 0 Å². The molecule has 3 amide bonds. The number of fused-ring (bicyclic) bond motifs is 1. The van der Waals surface area contributed by atoms with Gasteiger partial charge in [-0.2, -0.15) is 4.31 Å². The summed E-state index contributed by atoms with van der Waals surface area (Å²) in [4.78, 5) is 52.8. The van der Waals surface area contributed by atoms with Crippen molar-refractivity contribution < 1.29 is 36.7 Å². The van der Waals surface area contributed by atoms with Crippen LogP contribution in [0.5, 0.6) is 0 Å². The van der Waals surface area contributed by atoms with E-state index in [-0.39, 0.29) is 48.5 Å². The molecule has 1 aromatic heterocycles. The Hall–Kier alpha value is -4.49. The van der Waals surface area contributed by atoms with Gasteiger partial charge in [0.25, 0.3) is 11.8 Å². The summed E-state index contributed by atoms with van der Waals surface area (Å²) in [6.45, 7) is 2.23. The van der Waals surface area contributed by atoms with E-state index in [1.54, 1.807) is 29.2 Å². The number of ether oxygens (including phenoxy) is 1. The Balaban J connectivity index is 1.22. The molecule has 0 saturated carbocycles. The van der Waals surface area contributed by atoms with Crippen molar-refractivity contribution >= 4 is 39.4 Å². The molecule has 12 nitrogen and oxygen atoms in total. The number of anilines is 1. The van der Waals surface area contributed by atoms with E-state index in [2.05, 4.69) is 5.32 Å². The Morgan fingerprint density at radius 1 is 0.907 bits per heavy atom. The van der Waals surface area contributed by atoms with Crippen LogP contribution < -0.4 is 5.32 Å². The Kier molecular flexibility index (Phi) is 8.92. The highest BCUT2D eigenvalue weighted by molar-refractivity contribution is 7.89. The summed E-state index contributed by atoms with van der Waals surface area (Å²) in [6, 6.07) is 15.6. The Morgan fingerprint density at radius 2 is 1.60 bits per heavy atom. The summed E-state index contributed by atoms with van der Waals surface area (Å²) in [5, 5.41) is 2.61. The molecule has 2 aliphatic rings. The summed E-state index contributed by atoms with van der Waals surface area (Å²) in [6.07, 6.45) is 1.62. The average Bonchev–Trinajstić information content (AvgIpc) is 3.55. The van der Waals surface area contributed by atoms with Gasteiger partial charge >= 0.3 is 5.97 Å². The second-order valence-electron chi connectivity index (χ2n) is 10.3. The lowest BCUT2D eigenvalue weighted by Crippen LogP contribution is -2.51. The molecular weight excluding hydrogens is 576 g/mol. The lowest BCUT2D eigenvalue weighted by atomic mass is 9.92. The fraction of sp³-hybridized carbons (Fsp3) is 0.333. The summed E-state index contributed by atoms with van der Waals surface area (Å²) in [7, 11) is -4.02. The number of piperazine rings is 1. The van der Waals surface area contributed by atoms with Crippen LogP contribution in [0, 0.1) is 0 Å². The smallest absolute Gasteiger partial charge is 0.308 e. The molecule has 43 heavy (non-hydrogen) atoms. The Bertz CT molecular complexity index is 1600. The molecule has 0 radical (unpaired) electrons. The quantitative estimate of drug-likeness (QED) is 0.384. The number of benzene rings is 2. The number of nitrogens with zero attached hydrogens (tertiary/aromatic N) is 3. The normalized spacial score (nSPS) is 17.2. The van der Waals surface area contributed by atoms with Crippen LogP contribution in [0.1, 0.15) is 41.1 Å². The van der Waals surface area contributed by atoms with Crippen LogP contribution in [-0.2, 0) is 35.6 Å². The van der Waals surface area contributed by atoms with Gasteiger partial charge in [0.05, 0.1) is 23.6 Å². The van der Waals surface area contributed by atoms with Crippen LogP contribution in [0.3, 0.4) is 0 Å². The minimum Gasteiger partial charge on any atom is -0.459 e. The van der Waals surface area contributed by atoms with E-state index < -0.39 is 34.5 Å². The van der Waals surface area contributed by atoms with Crippen LogP contribution in [0.2, 0.25) is 0 Å². The minimum absolute atomic E-state index is 0.0270. The fourth-order valence-electron chi connectivity index (χ4n) is 5.34. The van der Waals surface area contributed by atoms with Gasteiger partial charge in [-0.3, -0.25) is 19.2 Å². The van der Waals surface area contributed by atoms with Gasteiger partial charge in [0.15, 0.2) is 12.4 Å². The number of esters is 1. The summed E-state index contributed by atoms with van der Waals surface area (Å²) in [5.41, 5.74) is 2.10. The van der Waals surface area contributed by atoms with Crippen molar-refractivity contribution in [2.45, 2.75) is 30.7 Å². The zero-order valence-electron chi connectivity index (χ0n) is 23.6. The maximum Gasteiger partial charge on any atom is 0.308 e. The average molecular weight is 609 g/mol. The van der Waals surface area contributed by atoms with Gasteiger partial charge in [-0.1, -0.05) is 24.3 Å². The van der Waals surface area contributed by atoms with E-state index in [4.69, 9.17) is 9.15 Å². The Labute approximate surface area is 249 Å². The molecule has 1 saturated heterocycles. The maximum absolute atomic E-state index is 13.7. The molecule has 5 rings (SSSR count). The highest BCUT2D eigenvalue weighted by Crippen LogP contribution is 2.36. The molecule has 2 aliphatic heterocycles. The third-order valence-electron chi connectivity index (χ3n) is 7.51. The number of rotatable bonds is 8. The second-order valence-corrected chi connectivity index (χ2v) is 12.2. The predicted octanol–water partition coefficient (Wildman–Crippen LogP) is 2.44. The first-order chi connectivity index (χ1) is 20.6. The molecule has 13 heteroatoms. The molecule has 226 valence electrons. The highest BCUT2D eigenvalue weighted by atomic mass is 32.2. The van der Waals surface area contributed by atoms with Crippen molar-refractivity contribution in [3.05, 3.63) is 83.8 Å². The molecule has 0 spiro atoms. The molecule has 1 fully saturated rings. The van der Waals surface area contributed by atoms with Gasteiger partial charge in [0.2, 0.25) is 15.9 Å². The predicted molar refractivity (Wildman–Crippen MR) is 154 cm³/mol. The van der Waals surface area contributed by atoms with Crippen LogP contribution in [-0.4, -0.2) is 85.5 Å².